The van der Waals surface area contributed by atoms with Gasteiger partial charge in [-0.2, -0.15) is 0 Å². The van der Waals surface area contributed by atoms with Gasteiger partial charge in [-0.15, -0.1) is 10.2 Å². The number of carbonyl (C=O) groups is 1. The van der Waals surface area contributed by atoms with Crippen LogP contribution in [0.25, 0.3) is 0 Å². The molecule has 0 bridgehead atoms. The summed E-state index contributed by atoms with van der Waals surface area (Å²) in [6.45, 7) is 5.84. The van der Waals surface area contributed by atoms with E-state index in [2.05, 4.69) is 10.2 Å². The van der Waals surface area contributed by atoms with Gasteiger partial charge in [0, 0.05) is 5.92 Å². The van der Waals surface area contributed by atoms with Crippen molar-refractivity contribution in [3.63, 3.8) is 0 Å². The van der Waals surface area contributed by atoms with Crippen LogP contribution in [0.3, 0.4) is 0 Å². The summed E-state index contributed by atoms with van der Waals surface area (Å²) < 4.78 is 7.26. The first-order valence-corrected chi connectivity index (χ1v) is 6.64. The molecule has 2 rings (SSSR count). The lowest BCUT2D eigenvalue weighted by Gasteiger charge is -2.28. The SMILES string of the molecule is CC(C)(C)OCC(C(=O)O)n1cnnc1C1CCC1. The highest BCUT2D eigenvalue weighted by Gasteiger charge is 2.30. The molecule has 0 aliphatic heterocycles. The van der Waals surface area contributed by atoms with Gasteiger partial charge in [-0.3, -0.25) is 0 Å². The Balaban J connectivity index is 2.14. The fourth-order valence-corrected chi connectivity index (χ4v) is 2.05. The van der Waals surface area contributed by atoms with Crippen LogP contribution in [0.15, 0.2) is 6.33 Å². The number of ether oxygens (including phenoxy) is 1. The number of aromatic nitrogens is 3. The van der Waals surface area contributed by atoms with Crippen molar-refractivity contribution in [3.8, 4) is 0 Å². The Morgan fingerprint density at radius 3 is 2.74 bits per heavy atom. The predicted molar refractivity (Wildman–Crippen MR) is 69.0 cm³/mol. The summed E-state index contributed by atoms with van der Waals surface area (Å²) in [6.07, 6.45) is 4.79. The van der Waals surface area contributed by atoms with E-state index in [0.717, 1.165) is 18.7 Å². The Bertz CT molecular complexity index is 446. The summed E-state index contributed by atoms with van der Waals surface area (Å²) in [4.78, 5) is 11.4. The average Bonchev–Trinajstić information content (AvgIpc) is 2.62. The van der Waals surface area contributed by atoms with Crippen LogP contribution in [-0.2, 0) is 9.53 Å². The minimum Gasteiger partial charge on any atom is -0.480 e. The maximum Gasteiger partial charge on any atom is 0.329 e. The van der Waals surface area contributed by atoms with Gasteiger partial charge >= 0.3 is 5.97 Å². The van der Waals surface area contributed by atoms with Crippen molar-refractivity contribution < 1.29 is 14.6 Å². The standard InChI is InChI=1S/C13H21N3O3/c1-13(2,3)19-7-10(12(17)18)16-8-14-15-11(16)9-5-4-6-9/h8-10H,4-7H2,1-3H3,(H,17,18). The highest BCUT2D eigenvalue weighted by Crippen LogP contribution is 2.36. The number of carboxylic acids is 1. The van der Waals surface area contributed by atoms with E-state index in [1.54, 1.807) is 4.57 Å². The van der Waals surface area contributed by atoms with Crippen LogP contribution in [0.5, 0.6) is 0 Å². The van der Waals surface area contributed by atoms with Gasteiger partial charge in [0.2, 0.25) is 0 Å². The maximum absolute atomic E-state index is 11.4. The zero-order chi connectivity index (χ0) is 14.0. The third kappa shape index (κ3) is 3.32. The molecule has 1 aromatic heterocycles. The molecule has 1 atom stereocenters. The molecular formula is C13H21N3O3. The van der Waals surface area contributed by atoms with Gasteiger partial charge in [-0.25, -0.2) is 4.79 Å². The van der Waals surface area contributed by atoms with Crippen molar-refractivity contribution >= 4 is 5.97 Å². The van der Waals surface area contributed by atoms with Gasteiger partial charge in [0.25, 0.3) is 0 Å². The lowest BCUT2D eigenvalue weighted by Crippen LogP contribution is -2.31. The molecule has 1 N–H and O–H groups in total. The van der Waals surface area contributed by atoms with Crippen molar-refractivity contribution in [2.45, 2.75) is 57.6 Å². The molecule has 0 spiro atoms. The summed E-state index contributed by atoms with van der Waals surface area (Å²) in [5, 5.41) is 17.3. The lowest BCUT2D eigenvalue weighted by atomic mass is 9.84. The second-order valence-corrected chi connectivity index (χ2v) is 6.00. The molecule has 106 valence electrons. The monoisotopic (exact) mass is 267 g/mol. The third-order valence-electron chi connectivity index (χ3n) is 3.37. The Labute approximate surface area is 112 Å². The largest absolute Gasteiger partial charge is 0.480 e. The van der Waals surface area contributed by atoms with E-state index in [0.29, 0.717) is 5.92 Å². The summed E-state index contributed by atoms with van der Waals surface area (Å²) in [6, 6.07) is -0.759. The summed E-state index contributed by atoms with van der Waals surface area (Å²) in [7, 11) is 0. The molecular weight excluding hydrogens is 246 g/mol. The Hall–Kier alpha value is -1.43. The fourth-order valence-electron chi connectivity index (χ4n) is 2.05. The number of aliphatic carboxylic acids is 1. The summed E-state index contributed by atoms with van der Waals surface area (Å²) in [5.74, 6) is 0.208. The second kappa shape index (κ2) is 5.28. The van der Waals surface area contributed by atoms with E-state index >= 15 is 0 Å². The Morgan fingerprint density at radius 1 is 1.58 bits per heavy atom. The average molecular weight is 267 g/mol. The first-order valence-electron chi connectivity index (χ1n) is 6.64. The molecule has 0 radical (unpaired) electrons. The van der Waals surface area contributed by atoms with Gasteiger partial charge in [0.1, 0.15) is 12.2 Å². The molecule has 6 heteroatoms. The number of hydrogen-bond acceptors (Lipinski definition) is 4. The van der Waals surface area contributed by atoms with Crippen molar-refractivity contribution in [3.05, 3.63) is 12.2 Å². The minimum absolute atomic E-state index is 0.122. The van der Waals surface area contributed by atoms with E-state index in [1.165, 1.54) is 12.7 Å². The molecule has 1 heterocycles. The van der Waals surface area contributed by atoms with Gasteiger partial charge in [0.15, 0.2) is 6.04 Å². The van der Waals surface area contributed by atoms with Crippen LogP contribution in [0.1, 0.15) is 57.8 Å². The van der Waals surface area contributed by atoms with E-state index in [9.17, 15) is 9.90 Å². The first kappa shape index (κ1) is 14.0. The Kier molecular flexibility index (Phi) is 3.89. The molecule has 1 aromatic rings. The number of nitrogens with zero attached hydrogens (tertiary/aromatic N) is 3. The number of hydrogen-bond donors (Lipinski definition) is 1. The van der Waals surface area contributed by atoms with Gasteiger partial charge in [-0.05, 0) is 33.6 Å². The van der Waals surface area contributed by atoms with Crippen molar-refractivity contribution in [1.82, 2.24) is 14.8 Å². The second-order valence-electron chi connectivity index (χ2n) is 6.00. The van der Waals surface area contributed by atoms with Crippen LogP contribution in [0.2, 0.25) is 0 Å². The fraction of sp³-hybridized carbons (Fsp3) is 0.769. The van der Waals surface area contributed by atoms with Gasteiger partial charge in [0.05, 0.1) is 12.2 Å². The Morgan fingerprint density at radius 2 is 2.26 bits per heavy atom. The van der Waals surface area contributed by atoms with E-state index < -0.39 is 12.0 Å². The smallest absolute Gasteiger partial charge is 0.329 e. The highest BCUT2D eigenvalue weighted by molar-refractivity contribution is 5.72. The van der Waals surface area contributed by atoms with Crippen LogP contribution in [0.4, 0.5) is 0 Å². The number of rotatable bonds is 5. The molecule has 1 aliphatic rings. The van der Waals surface area contributed by atoms with E-state index in [1.807, 2.05) is 20.8 Å². The first-order chi connectivity index (χ1) is 8.88. The molecule has 1 fully saturated rings. The van der Waals surface area contributed by atoms with Crippen LogP contribution < -0.4 is 0 Å². The van der Waals surface area contributed by atoms with Crippen molar-refractivity contribution in [2.24, 2.45) is 0 Å². The van der Waals surface area contributed by atoms with Crippen LogP contribution in [0, 0.1) is 0 Å². The maximum atomic E-state index is 11.4. The molecule has 1 saturated carbocycles. The van der Waals surface area contributed by atoms with E-state index in [-0.39, 0.29) is 12.2 Å². The topological polar surface area (TPSA) is 77.2 Å². The lowest BCUT2D eigenvalue weighted by molar-refractivity contribution is -0.144. The van der Waals surface area contributed by atoms with Crippen LogP contribution >= 0.6 is 0 Å². The van der Waals surface area contributed by atoms with Crippen molar-refractivity contribution in [2.75, 3.05) is 6.61 Å². The molecule has 6 nitrogen and oxygen atoms in total. The zero-order valence-corrected chi connectivity index (χ0v) is 11.7. The van der Waals surface area contributed by atoms with Crippen molar-refractivity contribution in [1.29, 1.82) is 0 Å². The minimum atomic E-state index is -0.912. The van der Waals surface area contributed by atoms with Crippen LogP contribution in [-0.4, -0.2) is 38.0 Å². The number of carboxylic acid groups (broad SMARTS) is 1. The molecule has 1 aliphatic carbocycles. The molecule has 0 aromatic carbocycles. The van der Waals surface area contributed by atoms with E-state index in [4.69, 9.17) is 4.74 Å². The summed E-state index contributed by atoms with van der Waals surface area (Å²) in [5.41, 5.74) is -0.363. The molecule has 19 heavy (non-hydrogen) atoms. The third-order valence-corrected chi connectivity index (χ3v) is 3.37. The van der Waals surface area contributed by atoms with Gasteiger partial charge in [-0.1, -0.05) is 6.42 Å². The summed E-state index contributed by atoms with van der Waals surface area (Å²) >= 11 is 0. The van der Waals surface area contributed by atoms with Gasteiger partial charge < -0.3 is 14.4 Å². The predicted octanol–water partition coefficient (Wildman–Crippen LogP) is 1.99. The highest BCUT2D eigenvalue weighted by atomic mass is 16.5. The quantitative estimate of drug-likeness (QED) is 0.882. The normalized spacial score (nSPS) is 18.1. The molecule has 1 unspecified atom stereocenters. The zero-order valence-electron chi connectivity index (χ0n) is 11.7. The molecule has 0 amide bonds. The molecule has 0 saturated heterocycles.